The number of nitroso groups, excluding NO2 is 1. The Kier molecular flexibility index (Phi) is 2.57. The van der Waals surface area contributed by atoms with Gasteiger partial charge in [-0.1, -0.05) is 5.18 Å². The number of amides is 1. The van der Waals surface area contributed by atoms with Crippen LogP contribution in [0.4, 0.5) is 0 Å². The first-order valence-corrected chi connectivity index (χ1v) is 3.84. The SMILES string of the molecule is CC(CN1CCCC1=O)N=O. The van der Waals surface area contributed by atoms with Crippen LogP contribution in [-0.2, 0) is 4.79 Å². The Morgan fingerprint density at radius 1 is 1.73 bits per heavy atom. The third-order valence-corrected chi connectivity index (χ3v) is 1.84. The van der Waals surface area contributed by atoms with Crippen LogP contribution < -0.4 is 0 Å². The normalized spacial score (nSPS) is 20.5. The van der Waals surface area contributed by atoms with Crippen LogP contribution in [0.15, 0.2) is 5.18 Å². The molecule has 1 rings (SSSR count). The predicted octanol–water partition coefficient (Wildman–Crippen LogP) is 0.764. The lowest BCUT2D eigenvalue weighted by Gasteiger charge is -2.15. The third kappa shape index (κ3) is 2.00. The smallest absolute Gasteiger partial charge is 0.222 e. The summed E-state index contributed by atoms with van der Waals surface area (Å²) in [5, 5.41) is 2.84. The van der Waals surface area contributed by atoms with E-state index in [0.717, 1.165) is 13.0 Å². The van der Waals surface area contributed by atoms with Gasteiger partial charge in [-0.2, -0.15) is 4.91 Å². The van der Waals surface area contributed by atoms with E-state index in [-0.39, 0.29) is 11.9 Å². The van der Waals surface area contributed by atoms with E-state index in [0.29, 0.717) is 13.0 Å². The molecular formula is C7H12N2O2. The first kappa shape index (κ1) is 8.17. The molecule has 0 radical (unpaired) electrons. The highest BCUT2D eigenvalue weighted by Crippen LogP contribution is 2.10. The minimum Gasteiger partial charge on any atom is -0.340 e. The molecule has 11 heavy (non-hydrogen) atoms. The fraction of sp³-hybridized carbons (Fsp3) is 0.857. The van der Waals surface area contributed by atoms with Crippen LogP contribution >= 0.6 is 0 Å². The highest BCUT2D eigenvalue weighted by atomic mass is 16.3. The number of likely N-dealkylation sites (tertiary alicyclic amines) is 1. The van der Waals surface area contributed by atoms with Crippen molar-refractivity contribution in [2.75, 3.05) is 13.1 Å². The minimum absolute atomic E-state index is 0.153. The first-order chi connectivity index (χ1) is 5.24. The molecule has 1 fully saturated rings. The highest BCUT2D eigenvalue weighted by Gasteiger charge is 2.21. The van der Waals surface area contributed by atoms with Crippen molar-refractivity contribution in [2.24, 2.45) is 5.18 Å². The minimum atomic E-state index is -0.267. The zero-order valence-electron chi connectivity index (χ0n) is 6.62. The second-order valence-corrected chi connectivity index (χ2v) is 2.90. The average Bonchev–Trinajstić information content (AvgIpc) is 2.37. The molecule has 1 atom stereocenters. The topological polar surface area (TPSA) is 49.7 Å². The molecule has 1 heterocycles. The van der Waals surface area contributed by atoms with Gasteiger partial charge in [0.05, 0.1) is 0 Å². The second kappa shape index (κ2) is 3.46. The average molecular weight is 156 g/mol. The van der Waals surface area contributed by atoms with Crippen molar-refractivity contribution in [3.63, 3.8) is 0 Å². The summed E-state index contributed by atoms with van der Waals surface area (Å²) in [5.74, 6) is 0.153. The molecule has 0 aliphatic carbocycles. The summed E-state index contributed by atoms with van der Waals surface area (Å²) in [4.78, 5) is 22.7. The fourth-order valence-electron chi connectivity index (χ4n) is 1.25. The molecule has 1 aliphatic heterocycles. The quantitative estimate of drug-likeness (QED) is 0.566. The molecule has 1 aliphatic rings. The molecule has 0 aromatic carbocycles. The zero-order chi connectivity index (χ0) is 8.27. The molecule has 0 spiro atoms. The number of carbonyl (C=O) groups is 1. The van der Waals surface area contributed by atoms with E-state index in [1.54, 1.807) is 11.8 Å². The largest absolute Gasteiger partial charge is 0.340 e. The van der Waals surface area contributed by atoms with Gasteiger partial charge in [-0.3, -0.25) is 4.79 Å². The summed E-state index contributed by atoms with van der Waals surface area (Å²) in [7, 11) is 0. The van der Waals surface area contributed by atoms with Crippen LogP contribution in [0, 0.1) is 4.91 Å². The maximum absolute atomic E-state index is 11.0. The van der Waals surface area contributed by atoms with Crippen molar-refractivity contribution in [1.82, 2.24) is 4.90 Å². The second-order valence-electron chi connectivity index (χ2n) is 2.90. The summed E-state index contributed by atoms with van der Waals surface area (Å²) >= 11 is 0. The summed E-state index contributed by atoms with van der Waals surface area (Å²) in [6, 6.07) is -0.267. The van der Waals surface area contributed by atoms with E-state index in [2.05, 4.69) is 5.18 Å². The lowest BCUT2D eigenvalue weighted by atomic mass is 10.3. The molecule has 0 aromatic rings. The summed E-state index contributed by atoms with van der Waals surface area (Å²) < 4.78 is 0. The van der Waals surface area contributed by atoms with Crippen molar-refractivity contribution in [3.8, 4) is 0 Å². The third-order valence-electron chi connectivity index (χ3n) is 1.84. The molecule has 0 bridgehead atoms. The van der Waals surface area contributed by atoms with Crippen LogP contribution in [0.3, 0.4) is 0 Å². The Balaban J connectivity index is 2.36. The van der Waals surface area contributed by atoms with Gasteiger partial charge in [0.15, 0.2) is 0 Å². The Bertz CT molecular complexity index is 170. The molecule has 1 saturated heterocycles. The maximum Gasteiger partial charge on any atom is 0.222 e. The molecule has 0 saturated carbocycles. The van der Waals surface area contributed by atoms with Crippen LogP contribution in [0.5, 0.6) is 0 Å². The van der Waals surface area contributed by atoms with E-state index in [4.69, 9.17) is 0 Å². The van der Waals surface area contributed by atoms with Gasteiger partial charge in [-0.15, -0.1) is 0 Å². The van der Waals surface area contributed by atoms with Gasteiger partial charge < -0.3 is 4.90 Å². The van der Waals surface area contributed by atoms with Crippen LogP contribution in [0.1, 0.15) is 19.8 Å². The molecule has 1 unspecified atom stereocenters. The van der Waals surface area contributed by atoms with Gasteiger partial charge in [-0.25, -0.2) is 0 Å². The van der Waals surface area contributed by atoms with Crippen molar-refractivity contribution >= 4 is 5.91 Å². The molecule has 62 valence electrons. The standard InChI is InChI=1S/C7H12N2O2/c1-6(8-11)5-9-4-2-3-7(9)10/h6H,2-5H2,1H3. The number of hydrogen-bond donors (Lipinski definition) is 0. The van der Waals surface area contributed by atoms with E-state index in [1.807, 2.05) is 0 Å². The Morgan fingerprint density at radius 2 is 2.45 bits per heavy atom. The van der Waals surface area contributed by atoms with Crippen molar-refractivity contribution in [3.05, 3.63) is 4.91 Å². The Morgan fingerprint density at radius 3 is 2.91 bits per heavy atom. The number of nitrogens with zero attached hydrogens (tertiary/aromatic N) is 2. The van der Waals surface area contributed by atoms with Gasteiger partial charge in [0.1, 0.15) is 6.04 Å². The molecular weight excluding hydrogens is 144 g/mol. The molecule has 0 aromatic heterocycles. The maximum atomic E-state index is 11.0. The zero-order valence-corrected chi connectivity index (χ0v) is 6.62. The lowest BCUT2D eigenvalue weighted by molar-refractivity contribution is -0.127. The summed E-state index contributed by atoms with van der Waals surface area (Å²) in [6.45, 7) is 3.00. The van der Waals surface area contributed by atoms with Crippen LogP contribution in [0.25, 0.3) is 0 Å². The first-order valence-electron chi connectivity index (χ1n) is 3.84. The lowest BCUT2D eigenvalue weighted by Crippen LogP contribution is -2.30. The van der Waals surface area contributed by atoms with Gasteiger partial charge in [0.25, 0.3) is 0 Å². The van der Waals surface area contributed by atoms with E-state index >= 15 is 0 Å². The fourth-order valence-corrected chi connectivity index (χ4v) is 1.25. The molecule has 4 nitrogen and oxygen atoms in total. The highest BCUT2D eigenvalue weighted by molar-refractivity contribution is 5.78. The van der Waals surface area contributed by atoms with Crippen LogP contribution in [0.2, 0.25) is 0 Å². The van der Waals surface area contributed by atoms with Gasteiger partial charge in [0.2, 0.25) is 5.91 Å². The van der Waals surface area contributed by atoms with E-state index in [9.17, 15) is 9.70 Å². The molecule has 1 amide bonds. The summed E-state index contributed by atoms with van der Waals surface area (Å²) in [5.41, 5.74) is 0. The Labute approximate surface area is 65.5 Å². The van der Waals surface area contributed by atoms with Gasteiger partial charge >= 0.3 is 0 Å². The summed E-state index contributed by atoms with van der Waals surface area (Å²) in [6.07, 6.45) is 1.55. The van der Waals surface area contributed by atoms with Gasteiger partial charge in [0, 0.05) is 19.5 Å². The van der Waals surface area contributed by atoms with E-state index in [1.165, 1.54) is 0 Å². The Hall–Kier alpha value is -0.930. The van der Waals surface area contributed by atoms with Crippen molar-refractivity contribution in [2.45, 2.75) is 25.8 Å². The van der Waals surface area contributed by atoms with Crippen molar-refractivity contribution < 1.29 is 4.79 Å². The predicted molar refractivity (Wildman–Crippen MR) is 41.1 cm³/mol. The molecule has 0 N–H and O–H groups in total. The number of carbonyl (C=O) groups excluding carboxylic acids is 1. The molecule has 4 heteroatoms. The number of rotatable bonds is 3. The van der Waals surface area contributed by atoms with Crippen LogP contribution in [-0.4, -0.2) is 29.9 Å². The number of hydrogen-bond acceptors (Lipinski definition) is 3. The monoisotopic (exact) mass is 156 g/mol. The van der Waals surface area contributed by atoms with E-state index < -0.39 is 0 Å². The van der Waals surface area contributed by atoms with Gasteiger partial charge in [-0.05, 0) is 13.3 Å². The van der Waals surface area contributed by atoms with Crippen molar-refractivity contribution in [1.29, 1.82) is 0 Å².